The number of likely N-dealkylation sites (tertiary alicyclic amines) is 1. The highest BCUT2D eigenvalue weighted by Gasteiger charge is 2.46. The summed E-state index contributed by atoms with van der Waals surface area (Å²) < 4.78 is 14.2. The smallest absolute Gasteiger partial charge is 0.261 e. The number of carbonyl (C=O) groups excluding carboxylic acids is 1. The van der Waals surface area contributed by atoms with Gasteiger partial charge in [-0.25, -0.2) is 4.39 Å². The maximum atomic E-state index is 14.2. The molecule has 2 aliphatic heterocycles. The van der Waals surface area contributed by atoms with Crippen LogP contribution in [-0.4, -0.2) is 42.7 Å². The Kier molecular flexibility index (Phi) is 4.53. The fourth-order valence-corrected chi connectivity index (χ4v) is 2.41. The minimum Gasteiger partial charge on any atom is -0.339 e. The molecule has 0 spiro atoms. The fraction of sp³-hybridized carbons (Fsp3) is 0.923. The van der Waals surface area contributed by atoms with Crippen LogP contribution in [-0.2, 0) is 4.79 Å². The summed E-state index contributed by atoms with van der Waals surface area (Å²) in [7, 11) is 0. The summed E-state index contributed by atoms with van der Waals surface area (Å²) in [4.78, 5) is 13.7. The second-order valence-electron chi connectivity index (χ2n) is 5.53. The summed E-state index contributed by atoms with van der Waals surface area (Å²) in [6.07, 6.45) is 1.30. The number of alkyl halides is 1. The molecule has 1 amide bonds. The Hall–Kier alpha value is -0.640. The Labute approximate surface area is 104 Å². The minimum absolute atomic E-state index is 0.151. The van der Waals surface area contributed by atoms with Gasteiger partial charge in [0.05, 0.1) is 0 Å². The Bertz CT molecular complexity index is 273. The Balaban J connectivity index is 0.000000686. The maximum Gasteiger partial charge on any atom is 0.261 e. The van der Waals surface area contributed by atoms with Gasteiger partial charge in [-0.05, 0) is 18.4 Å². The van der Waals surface area contributed by atoms with Crippen molar-refractivity contribution in [3.63, 3.8) is 0 Å². The lowest BCUT2D eigenvalue weighted by atomic mass is 9.93. The Morgan fingerprint density at radius 1 is 1.29 bits per heavy atom. The van der Waals surface area contributed by atoms with Crippen molar-refractivity contribution in [3.05, 3.63) is 0 Å². The van der Waals surface area contributed by atoms with Gasteiger partial charge in [0.1, 0.15) is 0 Å². The van der Waals surface area contributed by atoms with Gasteiger partial charge in [-0.1, -0.05) is 27.7 Å². The topological polar surface area (TPSA) is 32.3 Å². The van der Waals surface area contributed by atoms with Gasteiger partial charge in [0, 0.05) is 26.1 Å². The second kappa shape index (κ2) is 5.34. The van der Waals surface area contributed by atoms with E-state index in [2.05, 4.69) is 19.2 Å². The van der Waals surface area contributed by atoms with Crippen LogP contribution in [0.25, 0.3) is 0 Å². The van der Waals surface area contributed by atoms with Gasteiger partial charge < -0.3 is 10.2 Å². The normalized spacial score (nSPS) is 31.0. The van der Waals surface area contributed by atoms with Gasteiger partial charge in [0.2, 0.25) is 5.67 Å². The van der Waals surface area contributed by atoms with E-state index in [4.69, 9.17) is 0 Å². The lowest BCUT2D eigenvalue weighted by molar-refractivity contribution is -0.142. The van der Waals surface area contributed by atoms with E-state index in [-0.39, 0.29) is 17.9 Å². The molecule has 0 radical (unpaired) electrons. The summed E-state index contributed by atoms with van der Waals surface area (Å²) in [6.45, 7) is 10.4. The van der Waals surface area contributed by atoms with Crippen LogP contribution in [0.15, 0.2) is 0 Å². The number of hydrogen-bond acceptors (Lipinski definition) is 2. The molecular formula is C13H25FN2O. The van der Waals surface area contributed by atoms with Gasteiger partial charge in [0.25, 0.3) is 5.91 Å². The van der Waals surface area contributed by atoms with E-state index in [9.17, 15) is 9.18 Å². The van der Waals surface area contributed by atoms with Crippen LogP contribution in [0.5, 0.6) is 0 Å². The Morgan fingerprint density at radius 2 is 1.94 bits per heavy atom. The van der Waals surface area contributed by atoms with E-state index in [0.29, 0.717) is 26.1 Å². The molecule has 2 rings (SSSR count). The average Bonchev–Trinajstić information content (AvgIpc) is 2.88. The summed E-state index contributed by atoms with van der Waals surface area (Å²) >= 11 is 0. The van der Waals surface area contributed by atoms with Crippen molar-refractivity contribution in [1.82, 2.24) is 10.2 Å². The summed E-state index contributed by atoms with van der Waals surface area (Å²) in [5, 5.41) is 2.92. The molecule has 0 bridgehead atoms. The van der Waals surface area contributed by atoms with Crippen LogP contribution in [0.2, 0.25) is 0 Å². The quantitative estimate of drug-likeness (QED) is 0.765. The van der Waals surface area contributed by atoms with Crippen molar-refractivity contribution < 1.29 is 9.18 Å². The first-order chi connectivity index (χ1) is 7.93. The van der Waals surface area contributed by atoms with Crippen LogP contribution in [0.3, 0.4) is 0 Å². The molecule has 0 unspecified atom stereocenters. The fourth-order valence-electron chi connectivity index (χ4n) is 2.41. The number of nitrogens with one attached hydrogen (secondary N) is 1. The molecule has 100 valence electrons. The standard InChI is InChI=1S/C11H19FN2O.C2H6/c1-10(2)4-6-14(8-10)9(15)11(12)3-5-13-7-11;1-2/h13H,3-8H2,1-2H3;1-2H3/t11-;/m0./s1. The monoisotopic (exact) mass is 244 g/mol. The van der Waals surface area contributed by atoms with E-state index >= 15 is 0 Å². The maximum absolute atomic E-state index is 14.2. The van der Waals surface area contributed by atoms with Crippen molar-refractivity contribution in [2.75, 3.05) is 26.2 Å². The molecule has 0 aromatic carbocycles. The molecule has 0 aromatic rings. The first-order valence-corrected chi connectivity index (χ1v) is 6.62. The molecule has 2 saturated heterocycles. The van der Waals surface area contributed by atoms with Crippen molar-refractivity contribution in [2.45, 2.75) is 46.2 Å². The molecule has 2 heterocycles. The molecule has 1 atom stereocenters. The molecule has 2 aliphatic rings. The van der Waals surface area contributed by atoms with Crippen LogP contribution < -0.4 is 5.32 Å². The van der Waals surface area contributed by atoms with Crippen LogP contribution in [0.1, 0.15) is 40.5 Å². The van der Waals surface area contributed by atoms with Gasteiger partial charge >= 0.3 is 0 Å². The van der Waals surface area contributed by atoms with E-state index < -0.39 is 5.67 Å². The molecular weight excluding hydrogens is 219 g/mol. The zero-order valence-corrected chi connectivity index (χ0v) is 11.5. The first kappa shape index (κ1) is 14.4. The number of rotatable bonds is 1. The zero-order valence-electron chi connectivity index (χ0n) is 11.5. The first-order valence-electron chi connectivity index (χ1n) is 6.62. The van der Waals surface area contributed by atoms with Crippen LogP contribution >= 0.6 is 0 Å². The van der Waals surface area contributed by atoms with Gasteiger partial charge in [0.15, 0.2) is 0 Å². The number of nitrogens with zero attached hydrogens (tertiary/aromatic N) is 1. The van der Waals surface area contributed by atoms with Gasteiger partial charge in [-0.3, -0.25) is 4.79 Å². The highest BCUT2D eigenvalue weighted by Crippen LogP contribution is 2.32. The average molecular weight is 244 g/mol. The van der Waals surface area contributed by atoms with Gasteiger partial charge in [-0.15, -0.1) is 0 Å². The summed E-state index contributed by atoms with van der Waals surface area (Å²) in [5.41, 5.74) is -1.49. The molecule has 0 saturated carbocycles. The lowest BCUT2D eigenvalue weighted by Crippen LogP contribution is -2.46. The van der Waals surface area contributed by atoms with Crippen molar-refractivity contribution in [1.29, 1.82) is 0 Å². The third-order valence-electron chi connectivity index (χ3n) is 3.45. The molecule has 0 aliphatic carbocycles. The lowest BCUT2D eigenvalue weighted by Gasteiger charge is -2.26. The van der Waals surface area contributed by atoms with E-state index in [1.54, 1.807) is 4.90 Å². The van der Waals surface area contributed by atoms with Gasteiger partial charge in [-0.2, -0.15) is 0 Å². The van der Waals surface area contributed by atoms with Crippen LogP contribution in [0, 0.1) is 5.41 Å². The van der Waals surface area contributed by atoms with Crippen molar-refractivity contribution in [3.8, 4) is 0 Å². The number of halogens is 1. The van der Waals surface area contributed by atoms with E-state index in [1.165, 1.54) is 0 Å². The predicted octanol–water partition coefficient (Wildman–Crippen LogP) is 1.97. The van der Waals surface area contributed by atoms with Crippen molar-refractivity contribution >= 4 is 5.91 Å². The Morgan fingerprint density at radius 3 is 2.35 bits per heavy atom. The van der Waals surface area contributed by atoms with Crippen molar-refractivity contribution in [2.24, 2.45) is 5.41 Å². The summed E-state index contributed by atoms with van der Waals surface area (Å²) in [6, 6.07) is 0. The molecule has 2 fully saturated rings. The molecule has 17 heavy (non-hydrogen) atoms. The third kappa shape index (κ3) is 3.18. The van der Waals surface area contributed by atoms with E-state index in [1.807, 2.05) is 13.8 Å². The van der Waals surface area contributed by atoms with E-state index in [0.717, 1.165) is 6.42 Å². The highest BCUT2D eigenvalue weighted by atomic mass is 19.1. The largest absolute Gasteiger partial charge is 0.339 e. The number of hydrogen-bond donors (Lipinski definition) is 1. The third-order valence-corrected chi connectivity index (χ3v) is 3.45. The highest BCUT2D eigenvalue weighted by molar-refractivity contribution is 5.86. The summed E-state index contributed by atoms with van der Waals surface area (Å²) in [5.74, 6) is -0.307. The molecule has 0 aromatic heterocycles. The number of carbonyl (C=O) groups is 1. The molecule has 3 nitrogen and oxygen atoms in total. The molecule has 4 heteroatoms. The van der Waals surface area contributed by atoms with Crippen LogP contribution in [0.4, 0.5) is 4.39 Å². The number of amides is 1. The SMILES string of the molecule is CC.CC1(C)CCN(C(=O)[C@]2(F)CCNC2)C1. The zero-order chi connectivity index (χ0) is 13.1. The minimum atomic E-state index is -1.64. The molecule has 1 N–H and O–H groups in total. The second-order valence-corrected chi connectivity index (χ2v) is 5.53. The predicted molar refractivity (Wildman–Crippen MR) is 67.7 cm³/mol.